The molecule has 3 heterocycles. The second-order valence-corrected chi connectivity index (χ2v) is 7.33. The molecular formula is C14H11BrN4O2S. The van der Waals surface area contributed by atoms with E-state index in [1.54, 1.807) is 24.5 Å². The molecule has 3 aromatic heterocycles. The summed E-state index contributed by atoms with van der Waals surface area (Å²) in [5, 5.41) is 6.19. The number of ether oxygens (including phenoxy) is 1. The van der Waals surface area contributed by atoms with Gasteiger partial charge in [-0.15, -0.1) is 11.3 Å². The van der Waals surface area contributed by atoms with Crippen molar-refractivity contribution in [3.8, 4) is 17.4 Å². The van der Waals surface area contributed by atoms with Gasteiger partial charge in [0.25, 0.3) is 0 Å². The number of hydrogen-bond acceptors (Lipinski definition) is 7. The monoisotopic (exact) mass is 378 g/mol. The van der Waals surface area contributed by atoms with Crippen LogP contribution in [0, 0.1) is 0 Å². The van der Waals surface area contributed by atoms with Gasteiger partial charge < -0.3 is 9.26 Å². The summed E-state index contributed by atoms with van der Waals surface area (Å²) in [4.78, 5) is 12.6. The summed E-state index contributed by atoms with van der Waals surface area (Å²) in [5.41, 5.74) is 1.92. The zero-order valence-electron chi connectivity index (χ0n) is 11.6. The van der Waals surface area contributed by atoms with E-state index in [0.29, 0.717) is 35.1 Å². The second-order valence-electron chi connectivity index (χ2n) is 5.03. The minimum atomic E-state index is 0.298. The van der Waals surface area contributed by atoms with Gasteiger partial charge in [-0.1, -0.05) is 5.16 Å². The molecule has 0 saturated heterocycles. The molecule has 0 amide bonds. The van der Waals surface area contributed by atoms with Crippen molar-refractivity contribution < 1.29 is 9.26 Å². The molecule has 6 nitrogen and oxygen atoms in total. The zero-order chi connectivity index (χ0) is 15.1. The molecule has 0 unspecified atom stereocenters. The Morgan fingerprint density at radius 2 is 2.23 bits per heavy atom. The summed E-state index contributed by atoms with van der Waals surface area (Å²) in [6, 6.07) is 3.84. The lowest BCUT2D eigenvalue weighted by atomic mass is 10.2. The number of nitrogens with zero attached hydrogens (tertiary/aromatic N) is 4. The third kappa shape index (κ3) is 2.52. The van der Waals surface area contributed by atoms with Gasteiger partial charge in [-0.05, 0) is 45.3 Å². The fourth-order valence-corrected chi connectivity index (χ4v) is 3.66. The predicted molar refractivity (Wildman–Crippen MR) is 84.0 cm³/mol. The highest BCUT2D eigenvalue weighted by molar-refractivity contribution is 9.11. The van der Waals surface area contributed by atoms with E-state index in [0.717, 1.165) is 10.2 Å². The summed E-state index contributed by atoms with van der Waals surface area (Å²) in [5.74, 6) is 2.37. The Hall–Kier alpha value is -1.80. The van der Waals surface area contributed by atoms with E-state index >= 15 is 0 Å². The second kappa shape index (κ2) is 5.44. The summed E-state index contributed by atoms with van der Waals surface area (Å²) >= 11 is 5.19. The maximum Gasteiger partial charge on any atom is 0.230 e. The van der Waals surface area contributed by atoms with Crippen molar-refractivity contribution in [1.29, 1.82) is 0 Å². The number of aromatic nitrogens is 4. The average molecular weight is 379 g/mol. The van der Waals surface area contributed by atoms with E-state index in [-0.39, 0.29) is 0 Å². The van der Waals surface area contributed by atoms with Crippen LogP contribution in [-0.4, -0.2) is 27.2 Å². The molecule has 3 aromatic rings. The summed E-state index contributed by atoms with van der Waals surface area (Å²) < 4.78 is 11.6. The number of thiophene rings is 1. The van der Waals surface area contributed by atoms with Gasteiger partial charge in [0.05, 0.1) is 10.9 Å². The van der Waals surface area contributed by atoms with Gasteiger partial charge in [-0.25, -0.2) is 9.97 Å². The fourth-order valence-electron chi connectivity index (χ4n) is 2.42. The van der Waals surface area contributed by atoms with Crippen LogP contribution >= 0.6 is 27.3 Å². The Kier molecular flexibility index (Phi) is 3.42. The first-order chi connectivity index (χ1) is 10.7. The topological polar surface area (TPSA) is 73.9 Å². The molecule has 1 fully saturated rings. The smallest absolute Gasteiger partial charge is 0.230 e. The van der Waals surface area contributed by atoms with E-state index in [2.05, 4.69) is 47.5 Å². The van der Waals surface area contributed by atoms with Crippen LogP contribution in [0.2, 0.25) is 0 Å². The van der Waals surface area contributed by atoms with E-state index in [1.165, 1.54) is 11.9 Å². The maximum absolute atomic E-state index is 5.40. The Balaban J connectivity index is 1.55. The molecule has 8 heteroatoms. The van der Waals surface area contributed by atoms with Gasteiger partial charge in [0, 0.05) is 12.0 Å². The SMILES string of the molecule is COc1cc(-c2noc([C@@H]3C[C@H]3c3csc(Br)c3)n2)ncn1. The van der Waals surface area contributed by atoms with Crippen molar-refractivity contribution >= 4 is 27.3 Å². The Labute approximate surface area is 138 Å². The molecule has 112 valence electrons. The Morgan fingerprint density at radius 1 is 1.32 bits per heavy atom. The van der Waals surface area contributed by atoms with Gasteiger partial charge in [0.15, 0.2) is 0 Å². The van der Waals surface area contributed by atoms with Crippen LogP contribution in [0.15, 0.2) is 32.1 Å². The summed E-state index contributed by atoms with van der Waals surface area (Å²) in [6.07, 6.45) is 2.46. The number of rotatable bonds is 4. The Bertz CT molecular complexity index is 819. The molecule has 1 saturated carbocycles. The summed E-state index contributed by atoms with van der Waals surface area (Å²) in [7, 11) is 1.56. The van der Waals surface area contributed by atoms with Crippen molar-refractivity contribution in [2.45, 2.75) is 18.3 Å². The van der Waals surface area contributed by atoms with E-state index in [9.17, 15) is 0 Å². The molecule has 0 N–H and O–H groups in total. The predicted octanol–water partition coefficient (Wildman–Crippen LogP) is 3.63. The Morgan fingerprint density at radius 3 is 3.00 bits per heavy atom. The molecule has 22 heavy (non-hydrogen) atoms. The van der Waals surface area contributed by atoms with Crippen LogP contribution in [0.4, 0.5) is 0 Å². The fraction of sp³-hybridized carbons (Fsp3) is 0.286. The summed E-state index contributed by atoms with van der Waals surface area (Å²) in [6.45, 7) is 0. The third-order valence-corrected chi connectivity index (χ3v) is 5.17. The first-order valence-electron chi connectivity index (χ1n) is 6.68. The molecule has 0 bridgehead atoms. The molecule has 4 rings (SSSR count). The number of halogens is 1. The normalized spacial score (nSPS) is 20.1. The van der Waals surface area contributed by atoms with E-state index in [1.807, 2.05) is 0 Å². The first kappa shape index (κ1) is 13.8. The van der Waals surface area contributed by atoms with Crippen molar-refractivity contribution in [3.63, 3.8) is 0 Å². The maximum atomic E-state index is 5.40. The average Bonchev–Trinajstić information content (AvgIpc) is 2.98. The lowest BCUT2D eigenvalue weighted by Crippen LogP contribution is -1.92. The van der Waals surface area contributed by atoms with Crippen LogP contribution in [0.5, 0.6) is 5.88 Å². The molecule has 0 aromatic carbocycles. The highest BCUT2D eigenvalue weighted by Crippen LogP contribution is 2.55. The van der Waals surface area contributed by atoms with Crippen LogP contribution in [0.3, 0.4) is 0 Å². The van der Waals surface area contributed by atoms with E-state index in [4.69, 9.17) is 9.26 Å². The van der Waals surface area contributed by atoms with Gasteiger partial charge in [0.2, 0.25) is 17.6 Å². The largest absolute Gasteiger partial charge is 0.481 e. The van der Waals surface area contributed by atoms with Gasteiger partial charge in [0.1, 0.15) is 12.0 Å². The van der Waals surface area contributed by atoms with Gasteiger partial charge in [-0.2, -0.15) is 4.98 Å². The molecular weight excluding hydrogens is 368 g/mol. The van der Waals surface area contributed by atoms with Crippen molar-refractivity contribution in [2.24, 2.45) is 0 Å². The van der Waals surface area contributed by atoms with Gasteiger partial charge >= 0.3 is 0 Å². The molecule has 1 aliphatic carbocycles. The quantitative estimate of drug-likeness (QED) is 0.689. The molecule has 0 aliphatic heterocycles. The lowest BCUT2D eigenvalue weighted by molar-refractivity contribution is 0.378. The number of hydrogen-bond donors (Lipinski definition) is 0. The third-order valence-electron chi connectivity index (χ3n) is 3.65. The van der Waals surface area contributed by atoms with Crippen molar-refractivity contribution in [3.05, 3.63) is 39.1 Å². The zero-order valence-corrected chi connectivity index (χ0v) is 14.0. The van der Waals surface area contributed by atoms with Crippen molar-refractivity contribution in [2.75, 3.05) is 7.11 Å². The minimum absolute atomic E-state index is 0.298. The van der Waals surface area contributed by atoms with Crippen LogP contribution in [-0.2, 0) is 0 Å². The lowest BCUT2D eigenvalue weighted by Gasteiger charge is -1.97. The van der Waals surface area contributed by atoms with Crippen molar-refractivity contribution in [1.82, 2.24) is 20.1 Å². The molecule has 2 atom stereocenters. The highest BCUT2D eigenvalue weighted by atomic mass is 79.9. The highest BCUT2D eigenvalue weighted by Gasteiger charge is 2.44. The van der Waals surface area contributed by atoms with Crippen LogP contribution < -0.4 is 4.74 Å². The van der Waals surface area contributed by atoms with Crippen LogP contribution in [0.25, 0.3) is 11.5 Å². The van der Waals surface area contributed by atoms with E-state index < -0.39 is 0 Å². The standard InChI is InChI=1S/C14H11BrN4O2S/c1-20-12-4-10(16-6-17-12)13-18-14(21-19-13)9-3-8(9)7-2-11(15)22-5-7/h2,4-6,8-9H,3H2,1H3/t8-,9+/m0/s1. The number of methoxy groups -OCH3 is 1. The minimum Gasteiger partial charge on any atom is -0.481 e. The molecule has 0 spiro atoms. The van der Waals surface area contributed by atoms with Crippen LogP contribution in [0.1, 0.15) is 29.7 Å². The van der Waals surface area contributed by atoms with Gasteiger partial charge in [-0.3, -0.25) is 0 Å². The first-order valence-corrected chi connectivity index (χ1v) is 8.36. The molecule has 0 radical (unpaired) electrons. The molecule has 1 aliphatic rings.